The third-order valence-electron chi connectivity index (χ3n) is 5.40. The van der Waals surface area contributed by atoms with E-state index in [4.69, 9.17) is 4.74 Å². The molecular weight excluding hydrogens is 258 g/mol. The lowest BCUT2D eigenvalue weighted by Crippen LogP contribution is -2.62. The molecule has 0 radical (unpaired) electrons. The minimum atomic E-state index is 0.189. The van der Waals surface area contributed by atoms with Crippen LogP contribution in [0.4, 0.5) is 0 Å². The van der Waals surface area contributed by atoms with Crippen LogP contribution in [0.1, 0.15) is 58.6 Å². The Balaban J connectivity index is 2.15. The molecule has 1 aliphatic carbocycles. The average Bonchev–Trinajstić information content (AvgIpc) is 2.42. The average molecular weight is 289 g/mol. The summed E-state index contributed by atoms with van der Waals surface area (Å²) < 4.78 is 6.35. The molecule has 0 aromatic heterocycles. The first kappa shape index (κ1) is 16.4. The smallest absolute Gasteiger partial charge is 0.122 e. The van der Waals surface area contributed by atoms with Crippen molar-refractivity contribution in [3.05, 3.63) is 29.3 Å². The van der Waals surface area contributed by atoms with E-state index in [1.54, 1.807) is 0 Å². The first-order valence-electron chi connectivity index (χ1n) is 8.17. The largest absolute Gasteiger partial charge is 0.489 e. The minimum absolute atomic E-state index is 0.189. The van der Waals surface area contributed by atoms with Crippen LogP contribution in [-0.2, 0) is 5.41 Å². The fraction of sp³-hybridized carbons (Fsp3) is 0.684. The van der Waals surface area contributed by atoms with Crippen LogP contribution in [0, 0.1) is 12.3 Å². The van der Waals surface area contributed by atoms with Crippen molar-refractivity contribution in [1.82, 2.24) is 5.32 Å². The van der Waals surface area contributed by atoms with Crippen LogP contribution in [0.25, 0.3) is 0 Å². The standard InChI is InChI=1S/C19H31NO/c1-8-19(6)16(20-7)12-17(19)21-15-10-9-14(11-13(15)2)18(3,4)5/h9-11,16-17,20H,8,12H2,1-7H3. The van der Waals surface area contributed by atoms with Crippen molar-refractivity contribution in [2.45, 2.75) is 71.9 Å². The first-order chi connectivity index (χ1) is 9.72. The zero-order valence-corrected chi connectivity index (χ0v) is 14.7. The maximum Gasteiger partial charge on any atom is 0.122 e. The van der Waals surface area contributed by atoms with Crippen molar-refractivity contribution in [3.63, 3.8) is 0 Å². The number of hydrogen-bond donors (Lipinski definition) is 1. The molecule has 1 saturated carbocycles. The number of hydrogen-bond acceptors (Lipinski definition) is 2. The molecule has 1 aromatic carbocycles. The SMILES string of the molecule is CCC1(C)C(NC)CC1Oc1ccc(C(C)(C)C)cc1C. The van der Waals surface area contributed by atoms with Gasteiger partial charge in [0.1, 0.15) is 11.9 Å². The summed E-state index contributed by atoms with van der Waals surface area (Å²) in [6, 6.07) is 7.20. The summed E-state index contributed by atoms with van der Waals surface area (Å²) in [7, 11) is 2.05. The van der Waals surface area contributed by atoms with Crippen LogP contribution in [0.5, 0.6) is 5.75 Å². The number of aryl methyl sites for hydroxylation is 1. The molecule has 0 bridgehead atoms. The van der Waals surface area contributed by atoms with E-state index in [0.29, 0.717) is 12.1 Å². The Hall–Kier alpha value is -1.02. The van der Waals surface area contributed by atoms with E-state index < -0.39 is 0 Å². The molecule has 0 saturated heterocycles. The summed E-state index contributed by atoms with van der Waals surface area (Å²) in [4.78, 5) is 0. The molecular formula is C19H31NO. The fourth-order valence-electron chi connectivity index (χ4n) is 3.32. The van der Waals surface area contributed by atoms with Crippen molar-refractivity contribution in [2.24, 2.45) is 5.41 Å². The van der Waals surface area contributed by atoms with Crippen LogP contribution in [0.3, 0.4) is 0 Å². The molecule has 3 unspecified atom stereocenters. The Morgan fingerprint density at radius 1 is 1.33 bits per heavy atom. The van der Waals surface area contributed by atoms with Crippen LogP contribution >= 0.6 is 0 Å². The van der Waals surface area contributed by atoms with Gasteiger partial charge in [-0.15, -0.1) is 0 Å². The first-order valence-corrected chi connectivity index (χ1v) is 8.17. The molecule has 2 rings (SSSR count). The summed E-state index contributed by atoms with van der Waals surface area (Å²) in [5, 5.41) is 3.42. The zero-order valence-electron chi connectivity index (χ0n) is 14.7. The minimum Gasteiger partial charge on any atom is -0.489 e. The second-order valence-electron chi connectivity index (χ2n) is 7.77. The number of ether oxygens (including phenoxy) is 1. The van der Waals surface area contributed by atoms with E-state index in [0.717, 1.165) is 18.6 Å². The topological polar surface area (TPSA) is 21.3 Å². The predicted molar refractivity (Wildman–Crippen MR) is 90.2 cm³/mol. The van der Waals surface area contributed by atoms with E-state index >= 15 is 0 Å². The third kappa shape index (κ3) is 2.96. The molecule has 1 aliphatic rings. The zero-order chi connectivity index (χ0) is 15.8. The number of nitrogens with one attached hydrogen (secondary N) is 1. The Kier molecular flexibility index (Phi) is 4.39. The van der Waals surface area contributed by atoms with Crippen LogP contribution in [-0.4, -0.2) is 19.2 Å². The molecule has 2 nitrogen and oxygen atoms in total. The van der Waals surface area contributed by atoms with E-state index in [9.17, 15) is 0 Å². The van der Waals surface area contributed by atoms with Crippen molar-refractivity contribution in [2.75, 3.05) is 7.05 Å². The van der Waals surface area contributed by atoms with Crippen molar-refractivity contribution >= 4 is 0 Å². The van der Waals surface area contributed by atoms with Gasteiger partial charge in [-0.2, -0.15) is 0 Å². The molecule has 0 amide bonds. The van der Waals surface area contributed by atoms with Gasteiger partial charge >= 0.3 is 0 Å². The predicted octanol–water partition coefficient (Wildman–Crippen LogP) is 4.45. The quantitative estimate of drug-likeness (QED) is 0.884. The highest BCUT2D eigenvalue weighted by Crippen LogP contribution is 2.46. The van der Waals surface area contributed by atoms with Gasteiger partial charge in [0, 0.05) is 17.9 Å². The molecule has 1 aromatic rings. The summed E-state index contributed by atoms with van der Waals surface area (Å²) in [5.74, 6) is 1.04. The number of benzene rings is 1. The van der Waals surface area contributed by atoms with E-state index in [1.165, 1.54) is 11.1 Å². The van der Waals surface area contributed by atoms with Crippen molar-refractivity contribution < 1.29 is 4.74 Å². The lowest BCUT2D eigenvalue weighted by Gasteiger charge is -2.53. The maximum atomic E-state index is 6.35. The lowest BCUT2D eigenvalue weighted by molar-refractivity contribution is -0.0680. The van der Waals surface area contributed by atoms with E-state index in [-0.39, 0.29) is 10.8 Å². The molecule has 0 spiro atoms. The summed E-state index contributed by atoms with van der Waals surface area (Å²) >= 11 is 0. The highest BCUT2D eigenvalue weighted by Gasteiger charge is 2.51. The number of rotatable bonds is 4. The van der Waals surface area contributed by atoms with Crippen LogP contribution in [0.15, 0.2) is 18.2 Å². The van der Waals surface area contributed by atoms with E-state index in [2.05, 4.69) is 72.1 Å². The molecule has 3 atom stereocenters. The summed E-state index contributed by atoms with van der Waals surface area (Å²) in [5.41, 5.74) is 3.04. The normalized spacial score (nSPS) is 29.1. The van der Waals surface area contributed by atoms with Gasteiger partial charge in [-0.25, -0.2) is 0 Å². The van der Waals surface area contributed by atoms with Gasteiger partial charge in [0.2, 0.25) is 0 Å². The molecule has 0 heterocycles. The molecule has 1 fully saturated rings. The molecule has 2 heteroatoms. The monoisotopic (exact) mass is 289 g/mol. The Labute approximate surface area is 130 Å². The Morgan fingerprint density at radius 3 is 2.48 bits per heavy atom. The summed E-state index contributed by atoms with van der Waals surface area (Å²) in [6.45, 7) is 13.5. The lowest BCUT2D eigenvalue weighted by atomic mass is 9.61. The highest BCUT2D eigenvalue weighted by atomic mass is 16.5. The van der Waals surface area contributed by atoms with Gasteiger partial charge in [-0.1, -0.05) is 46.8 Å². The van der Waals surface area contributed by atoms with Gasteiger partial charge in [-0.3, -0.25) is 0 Å². The van der Waals surface area contributed by atoms with Gasteiger partial charge in [0.25, 0.3) is 0 Å². The highest BCUT2D eigenvalue weighted by molar-refractivity contribution is 5.39. The molecule has 21 heavy (non-hydrogen) atoms. The second kappa shape index (κ2) is 5.64. The van der Waals surface area contributed by atoms with Gasteiger partial charge in [0.15, 0.2) is 0 Å². The van der Waals surface area contributed by atoms with Crippen LogP contribution < -0.4 is 10.1 Å². The second-order valence-corrected chi connectivity index (χ2v) is 7.77. The molecule has 118 valence electrons. The van der Waals surface area contributed by atoms with Crippen LogP contribution in [0.2, 0.25) is 0 Å². The maximum absolute atomic E-state index is 6.35. The summed E-state index contributed by atoms with van der Waals surface area (Å²) in [6.07, 6.45) is 2.56. The van der Waals surface area contributed by atoms with Crippen molar-refractivity contribution in [3.8, 4) is 5.75 Å². The van der Waals surface area contributed by atoms with Gasteiger partial charge in [0.05, 0.1) is 0 Å². The molecule has 0 aliphatic heterocycles. The molecule has 1 N–H and O–H groups in total. The third-order valence-corrected chi connectivity index (χ3v) is 5.40. The fourth-order valence-corrected chi connectivity index (χ4v) is 3.32. The Morgan fingerprint density at radius 2 is 2.00 bits per heavy atom. The van der Waals surface area contributed by atoms with Gasteiger partial charge in [-0.05, 0) is 43.0 Å². The Bertz CT molecular complexity index is 503. The van der Waals surface area contributed by atoms with Crippen molar-refractivity contribution in [1.29, 1.82) is 0 Å². The van der Waals surface area contributed by atoms with E-state index in [1.807, 2.05) is 0 Å². The van der Waals surface area contributed by atoms with Gasteiger partial charge < -0.3 is 10.1 Å².